The molecule has 2 aromatic heterocycles. The maximum Gasteiger partial charge on any atom is 0.304 e. The van der Waals surface area contributed by atoms with E-state index in [1.165, 1.54) is 11.3 Å². The number of carbonyl (C=O) groups excluding carboxylic acids is 1. The predicted octanol–water partition coefficient (Wildman–Crippen LogP) is 0.471. The summed E-state index contributed by atoms with van der Waals surface area (Å²) in [5.41, 5.74) is 6.38. The number of anilines is 2. The van der Waals surface area contributed by atoms with Gasteiger partial charge in [-0.3, -0.25) is 9.59 Å². The van der Waals surface area contributed by atoms with Crippen LogP contribution in [0.25, 0.3) is 0 Å². The summed E-state index contributed by atoms with van der Waals surface area (Å²) < 4.78 is 0. The molecule has 0 unspecified atom stereocenters. The summed E-state index contributed by atoms with van der Waals surface area (Å²) in [5, 5.41) is 5.03. The van der Waals surface area contributed by atoms with Crippen molar-refractivity contribution in [1.82, 2.24) is 15.3 Å². The molecule has 0 atom stereocenters. The van der Waals surface area contributed by atoms with Crippen LogP contribution >= 0.6 is 22.7 Å². The molecule has 19 heavy (non-hydrogen) atoms. The zero-order valence-corrected chi connectivity index (χ0v) is 12.0. The maximum absolute atomic E-state index is 12.0. The molecule has 0 radical (unpaired) electrons. The van der Waals surface area contributed by atoms with Gasteiger partial charge in [-0.2, -0.15) is 0 Å². The first-order chi connectivity index (χ1) is 8.97. The van der Waals surface area contributed by atoms with Crippen LogP contribution in [-0.2, 0) is 6.54 Å². The number of nitrogens with zero attached hydrogens (tertiary/aromatic N) is 2. The van der Waals surface area contributed by atoms with E-state index in [4.69, 9.17) is 5.73 Å². The summed E-state index contributed by atoms with van der Waals surface area (Å²) in [5.74, 6) is -0.0832. The Bertz CT molecular complexity index is 642. The number of aromatic amines is 1. The fourth-order valence-electron chi connectivity index (χ4n) is 1.33. The lowest BCUT2D eigenvalue weighted by molar-refractivity contribution is 0.0955. The molecule has 0 aliphatic carbocycles. The number of carbonyl (C=O) groups is 1. The van der Waals surface area contributed by atoms with Crippen molar-refractivity contribution in [3.05, 3.63) is 25.6 Å². The first kappa shape index (κ1) is 13.6. The molecule has 0 spiro atoms. The molecular weight excluding hydrogens is 286 g/mol. The lowest BCUT2D eigenvalue weighted by Crippen LogP contribution is -2.23. The Morgan fingerprint density at radius 1 is 1.58 bits per heavy atom. The minimum absolute atomic E-state index is 0.142. The largest absolute Gasteiger partial charge is 0.382 e. The maximum atomic E-state index is 12.0. The Labute approximate surface area is 117 Å². The van der Waals surface area contributed by atoms with Crippen molar-refractivity contribution in [2.75, 3.05) is 24.7 Å². The van der Waals surface area contributed by atoms with E-state index in [0.717, 1.165) is 11.3 Å². The lowest BCUT2D eigenvalue weighted by atomic mass is 10.4. The van der Waals surface area contributed by atoms with Crippen LogP contribution in [0, 0.1) is 0 Å². The second-order valence-electron chi connectivity index (χ2n) is 3.96. The highest BCUT2D eigenvalue weighted by Gasteiger charge is 2.16. The van der Waals surface area contributed by atoms with Gasteiger partial charge in [-0.15, -0.1) is 0 Å². The van der Waals surface area contributed by atoms with Gasteiger partial charge < -0.3 is 20.9 Å². The van der Waals surface area contributed by atoms with Crippen molar-refractivity contribution in [2.24, 2.45) is 0 Å². The SMILES string of the molecule is CN(C)c1nc(N)c(C(=O)NCc2csc(=O)[nH]2)s1. The standard InChI is InChI=1S/C10H13N5O2S2/c1-15(2)9-14-7(11)6(19-9)8(16)12-3-5-4-18-10(17)13-5/h4H,3,11H2,1-2H3,(H,12,16)(H,13,17). The summed E-state index contributed by atoms with van der Waals surface area (Å²) >= 11 is 2.28. The molecular formula is C10H13N5O2S2. The van der Waals surface area contributed by atoms with Gasteiger partial charge in [-0.05, 0) is 0 Å². The van der Waals surface area contributed by atoms with Gasteiger partial charge in [-0.25, -0.2) is 4.98 Å². The van der Waals surface area contributed by atoms with Crippen molar-refractivity contribution in [3.63, 3.8) is 0 Å². The Morgan fingerprint density at radius 2 is 2.32 bits per heavy atom. The van der Waals surface area contributed by atoms with Crippen LogP contribution < -0.4 is 20.8 Å². The van der Waals surface area contributed by atoms with E-state index < -0.39 is 0 Å². The second kappa shape index (κ2) is 5.41. The number of thiazole rings is 2. The fourth-order valence-corrected chi connectivity index (χ4v) is 2.74. The number of nitrogens with two attached hydrogens (primary N) is 1. The van der Waals surface area contributed by atoms with Crippen molar-refractivity contribution >= 4 is 39.5 Å². The number of hydrogen-bond acceptors (Lipinski definition) is 7. The van der Waals surface area contributed by atoms with Crippen LogP contribution in [0.3, 0.4) is 0 Å². The molecule has 102 valence electrons. The highest BCUT2D eigenvalue weighted by molar-refractivity contribution is 7.18. The molecule has 0 aliphatic rings. The molecule has 2 heterocycles. The predicted molar refractivity (Wildman–Crippen MR) is 77.0 cm³/mol. The first-order valence-corrected chi connectivity index (χ1v) is 7.05. The zero-order chi connectivity index (χ0) is 14.0. The van der Waals surface area contributed by atoms with Crippen LogP contribution in [0.2, 0.25) is 0 Å². The van der Waals surface area contributed by atoms with E-state index in [-0.39, 0.29) is 23.1 Å². The van der Waals surface area contributed by atoms with Gasteiger partial charge in [0.15, 0.2) is 5.13 Å². The Morgan fingerprint density at radius 3 is 2.84 bits per heavy atom. The van der Waals surface area contributed by atoms with Gasteiger partial charge in [0.25, 0.3) is 5.91 Å². The number of hydrogen-bond donors (Lipinski definition) is 3. The number of H-pyrrole nitrogens is 1. The van der Waals surface area contributed by atoms with Gasteiger partial charge in [-0.1, -0.05) is 22.7 Å². The molecule has 0 fully saturated rings. The quantitative estimate of drug-likeness (QED) is 0.761. The van der Waals surface area contributed by atoms with Gasteiger partial charge >= 0.3 is 4.87 Å². The van der Waals surface area contributed by atoms with Crippen molar-refractivity contribution < 1.29 is 4.79 Å². The monoisotopic (exact) mass is 299 g/mol. The molecule has 0 saturated carbocycles. The minimum atomic E-state index is -0.296. The van der Waals surface area contributed by atoms with Gasteiger partial charge in [0.05, 0.1) is 6.54 Å². The average molecular weight is 299 g/mol. The Kier molecular flexibility index (Phi) is 3.86. The highest BCUT2D eigenvalue weighted by atomic mass is 32.1. The summed E-state index contributed by atoms with van der Waals surface area (Å²) in [6.07, 6.45) is 0. The fraction of sp³-hybridized carbons (Fsp3) is 0.300. The van der Waals surface area contributed by atoms with Crippen LogP contribution in [0.5, 0.6) is 0 Å². The topological polar surface area (TPSA) is 104 Å². The van der Waals surface area contributed by atoms with Crippen molar-refractivity contribution in [1.29, 1.82) is 0 Å². The van der Waals surface area contributed by atoms with E-state index >= 15 is 0 Å². The molecule has 7 nitrogen and oxygen atoms in total. The highest BCUT2D eigenvalue weighted by Crippen LogP contribution is 2.26. The van der Waals surface area contributed by atoms with Gasteiger partial charge in [0, 0.05) is 25.2 Å². The smallest absolute Gasteiger partial charge is 0.304 e. The normalized spacial score (nSPS) is 10.4. The summed E-state index contributed by atoms with van der Waals surface area (Å²) in [6, 6.07) is 0. The molecule has 9 heteroatoms. The van der Waals surface area contributed by atoms with E-state index in [1.807, 2.05) is 14.1 Å². The van der Waals surface area contributed by atoms with Gasteiger partial charge in [0.2, 0.25) is 0 Å². The molecule has 0 aromatic carbocycles. The van der Waals surface area contributed by atoms with E-state index in [1.54, 1.807) is 10.3 Å². The second-order valence-corrected chi connectivity index (χ2v) is 5.78. The van der Waals surface area contributed by atoms with E-state index in [9.17, 15) is 9.59 Å². The molecule has 0 aliphatic heterocycles. The van der Waals surface area contributed by atoms with Crippen LogP contribution in [0.4, 0.5) is 10.9 Å². The minimum Gasteiger partial charge on any atom is -0.382 e. The summed E-state index contributed by atoms with van der Waals surface area (Å²) in [7, 11) is 3.66. The Hall–Kier alpha value is -1.87. The van der Waals surface area contributed by atoms with Crippen LogP contribution in [0.1, 0.15) is 15.4 Å². The van der Waals surface area contributed by atoms with Crippen LogP contribution in [-0.4, -0.2) is 30.0 Å². The third-order valence-electron chi connectivity index (χ3n) is 2.24. The van der Waals surface area contributed by atoms with Gasteiger partial charge in [0.1, 0.15) is 10.7 Å². The van der Waals surface area contributed by atoms with Crippen molar-refractivity contribution in [3.8, 4) is 0 Å². The van der Waals surface area contributed by atoms with Crippen LogP contribution in [0.15, 0.2) is 10.2 Å². The first-order valence-electron chi connectivity index (χ1n) is 5.36. The molecule has 2 aromatic rings. The average Bonchev–Trinajstić information content (AvgIpc) is 2.92. The van der Waals surface area contributed by atoms with E-state index in [0.29, 0.717) is 15.7 Å². The number of aromatic nitrogens is 2. The summed E-state index contributed by atoms with van der Waals surface area (Å²) in [4.78, 5) is 31.6. The zero-order valence-electron chi connectivity index (χ0n) is 10.4. The number of nitrogens with one attached hydrogen (secondary N) is 2. The lowest BCUT2D eigenvalue weighted by Gasteiger charge is -2.05. The number of amides is 1. The molecule has 0 saturated heterocycles. The molecule has 4 N–H and O–H groups in total. The van der Waals surface area contributed by atoms with E-state index in [2.05, 4.69) is 15.3 Å². The molecule has 0 bridgehead atoms. The molecule has 2 rings (SSSR count). The number of rotatable bonds is 4. The third-order valence-corrected chi connectivity index (χ3v) is 4.20. The number of nitrogen functional groups attached to an aromatic ring is 1. The van der Waals surface area contributed by atoms with Crippen molar-refractivity contribution in [2.45, 2.75) is 6.54 Å². The Balaban J connectivity index is 2.05. The summed E-state index contributed by atoms with van der Waals surface area (Å²) in [6.45, 7) is 0.256. The molecule has 1 amide bonds. The third kappa shape index (κ3) is 3.12.